The smallest absolute Gasteiger partial charge is 0.281 e. The second-order valence-corrected chi connectivity index (χ2v) is 8.99. The molecule has 0 saturated carbocycles. The van der Waals surface area contributed by atoms with E-state index >= 15 is 0 Å². The number of amides is 1. The third kappa shape index (κ3) is 3.05. The highest BCUT2D eigenvalue weighted by molar-refractivity contribution is 7.86. The van der Waals surface area contributed by atoms with Crippen molar-refractivity contribution in [3.8, 4) is 0 Å². The summed E-state index contributed by atoms with van der Waals surface area (Å²) < 4.78 is 27.8. The van der Waals surface area contributed by atoms with Crippen LogP contribution in [-0.4, -0.2) is 72.6 Å². The summed E-state index contributed by atoms with van der Waals surface area (Å²) in [6.07, 6.45) is 5.08. The minimum Gasteiger partial charge on any atom is -0.334 e. The van der Waals surface area contributed by atoms with Crippen LogP contribution in [0.2, 0.25) is 0 Å². The van der Waals surface area contributed by atoms with Crippen LogP contribution < -0.4 is 0 Å². The van der Waals surface area contributed by atoms with Gasteiger partial charge >= 0.3 is 0 Å². The molecule has 1 aromatic heterocycles. The fourth-order valence-corrected chi connectivity index (χ4v) is 4.77. The first-order chi connectivity index (χ1) is 11.3. The maximum atomic E-state index is 13.0. The van der Waals surface area contributed by atoms with Gasteiger partial charge in [0.2, 0.25) is 0 Å². The molecule has 3 aliphatic rings. The van der Waals surface area contributed by atoms with Crippen molar-refractivity contribution in [1.82, 2.24) is 18.5 Å². The van der Waals surface area contributed by atoms with E-state index in [0.717, 1.165) is 18.4 Å². The maximum absolute atomic E-state index is 13.0. The van der Waals surface area contributed by atoms with Crippen LogP contribution in [0.25, 0.3) is 0 Å². The van der Waals surface area contributed by atoms with Crippen LogP contribution >= 0.6 is 0 Å². The molecule has 1 amide bonds. The quantitative estimate of drug-likeness (QED) is 0.804. The Bertz CT molecular complexity index is 735. The van der Waals surface area contributed by atoms with Gasteiger partial charge in [0.1, 0.15) is 0 Å². The summed E-state index contributed by atoms with van der Waals surface area (Å²) in [5.74, 6) is 0.138. The number of carbonyl (C=O) groups excluding carboxylic acids is 1. The number of aryl methyl sites for hydroxylation is 1. The topological polar surface area (TPSA) is 73.8 Å². The zero-order valence-electron chi connectivity index (χ0n) is 14.3. The molecule has 2 atom stereocenters. The molecule has 3 saturated heterocycles. The van der Waals surface area contributed by atoms with Crippen LogP contribution in [0.1, 0.15) is 28.8 Å². The SMILES string of the molecule is Cc1ccncc1C(=O)N1C[C@H]2CC[C@@H]1CN(S(=O)(=O)N(C)C)C2. The van der Waals surface area contributed by atoms with Gasteiger partial charge in [0, 0.05) is 52.2 Å². The number of carbonyl (C=O) groups is 1. The number of aromatic nitrogens is 1. The minimum atomic E-state index is -3.45. The Kier molecular flexibility index (Phi) is 4.63. The molecule has 3 fully saturated rings. The fraction of sp³-hybridized carbons (Fsp3) is 0.625. The van der Waals surface area contributed by atoms with E-state index in [2.05, 4.69) is 4.98 Å². The number of pyridine rings is 1. The van der Waals surface area contributed by atoms with Gasteiger partial charge in [-0.25, -0.2) is 0 Å². The lowest BCUT2D eigenvalue weighted by molar-refractivity contribution is 0.0587. The number of hydrogen-bond donors (Lipinski definition) is 0. The van der Waals surface area contributed by atoms with Gasteiger partial charge in [0.15, 0.2) is 0 Å². The second-order valence-electron chi connectivity index (χ2n) is 6.85. The predicted octanol–water partition coefficient (Wildman–Crippen LogP) is 0.733. The monoisotopic (exact) mass is 352 g/mol. The molecule has 4 rings (SSSR count). The molecular weight excluding hydrogens is 328 g/mol. The summed E-state index contributed by atoms with van der Waals surface area (Å²) >= 11 is 0. The molecule has 1 aromatic rings. The lowest BCUT2D eigenvalue weighted by Gasteiger charge is -2.36. The Morgan fingerprint density at radius 3 is 2.67 bits per heavy atom. The highest BCUT2D eigenvalue weighted by Crippen LogP contribution is 2.31. The van der Waals surface area contributed by atoms with E-state index < -0.39 is 10.2 Å². The maximum Gasteiger partial charge on any atom is 0.281 e. The molecule has 0 aromatic carbocycles. The van der Waals surface area contributed by atoms with E-state index in [4.69, 9.17) is 0 Å². The molecule has 132 valence electrons. The minimum absolute atomic E-state index is 0.0422. The summed E-state index contributed by atoms with van der Waals surface area (Å²) in [6.45, 7) is 3.35. The molecule has 7 nitrogen and oxygen atoms in total. The Balaban J connectivity index is 1.87. The highest BCUT2D eigenvalue weighted by atomic mass is 32.2. The summed E-state index contributed by atoms with van der Waals surface area (Å²) in [7, 11) is -0.363. The van der Waals surface area contributed by atoms with Gasteiger partial charge in [-0.05, 0) is 37.3 Å². The van der Waals surface area contributed by atoms with E-state index in [-0.39, 0.29) is 17.9 Å². The normalized spacial score (nSPS) is 25.1. The van der Waals surface area contributed by atoms with Crippen LogP contribution in [-0.2, 0) is 10.2 Å². The van der Waals surface area contributed by atoms with Crippen LogP contribution in [0, 0.1) is 12.8 Å². The van der Waals surface area contributed by atoms with Gasteiger partial charge in [0.25, 0.3) is 16.1 Å². The molecule has 2 bridgehead atoms. The first-order valence-electron chi connectivity index (χ1n) is 8.20. The molecule has 4 heterocycles. The second kappa shape index (κ2) is 6.42. The summed E-state index contributed by atoms with van der Waals surface area (Å²) in [6, 6.07) is 1.75. The van der Waals surface area contributed by atoms with Crippen molar-refractivity contribution in [2.45, 2.75) is 25.8 Å². The van der Waals surface area contributed by atoms with E-state index in [1.54, 1.807) is 26.5 Å². The van der Waals surface area contributed by atoms with Gasteiger partial charge in [-0.2, -0.15) is 17.0 Å². The summed E-state index contributed by atoms with van der Waals surface area (Å²) in [5, 5.41) is 0. The predicted molar refractivity (Wildman–Crippen MR) is 90.7 cm³/mol. The molecular formula is C16H24N4O3S. The van der Waals surface area contributed by atoms with Crippen LogP contribution in [0.15, 0.2) is 18.5 Å². The average Bonchev–Trinajstić information content (AvgIpc) is 2.87. The molecule has 3 aliphatic heterocycles. The van der Waals surface area contributed by atoms with E-state index in [9.17, 15) is 13.2 Å². The molecule has 24 heavy (non-hydrogen) atoms. The fourth-order valence-electron chi connectivity index (χ4n) is 3.55. The molecule has 0 unspecified atom stereocenters. The Labute approximate surface area is 143 Å². The van der Waals surface area contributed by atoms with Gasteiger partial charge < -0.3 is 4.90 Å². The Morgan fingerprint density at radius 2 is 2.00 bits per heavy atom. The molecule has 0 radical (unpaired) electrons. The van der Waals surface area contributed by atoms with Crippen molar-refractivity contribution in [2.75, 3.05) is 33.7 Å². The standard InChI is InChI=1S/C16H24N4O3S/c1-12-6-7-17-8-15(12)16(21)20-10-13-4-5-14(20)11-19(9-13)24(22,23)18(2)3/h6-8,13-14H,4-5,9-11H2,1-3H3/t13-,14+/m0/s1. The number of nitrogens with zero attached hydrogens (tertiary/aromatic N) is 4. The van der Waals surface area contributed by atoms with E-state index in [1.807, 2.05) is 17.9 Å². The van der Waals surface area contributed by atoms with Crippen molar-refractivity contribution >= 4 is 16.1 Å². The van der Waals surface area contributed by atoms with E-state index in [1.165, 1.54) is 8.61 Å². The van der Waals surface area contributed by atoms with Gasteiger partial charge in [0.05, 0.1) is 5.56 Å². The number of piperidine rings is 1. The van der Waals surface area contributed by atoms with Gasteiger partial charge in [-0.3, -0.25) is 9.78 Å². The van der Waals surface area contributed by atoms with E-state index in [0.29, 0.717) is 25.2 Å². The van der Waals surface area contributed by atoms with Crippen LogP contribution in [0.3, 0.4) is 0 Å². The number of rotatable bonds is 3. The van der Waals surface area contributed by atoms with Crippen LogP contribution in [0.4, 0.5) is 0 Å². The van der Waals surface area contributed by atoms with Crippen LogP contribution in [0.5, 0.6) is 0 Å². The average molecular weight is 352 g/mol. The van der Waals surface area contributed by atoms with Crippen molar-refractivity contribution in [3.63, 3.8) is 0 Å². The van der Waals surface area contributed by atoms with Gasteiger partial charge in [-0.15, -0.1) is 0 Å². The lowest BCUT2D eigenvalue weighted by Crippen LogP contribution is -2.48. The third-order valence-electron chi connectivity index (χ3n) is 5.00. The highest BCUT2D eigenvalue weighted by Gasteiger charge is 2.41. The summed E-state index contributed by atoms with van der Waals surface area (Å²) in [4.78, 5) is 18.9. The Morgan fingerprint density at radius 1 is 1.25 bits per heavy atom. The third-order valence-corrected chi connectivity index (χ3v) is 6.87. The largest absolute Gasteiger partial charge is 0.334 e. The lowest BCUT2D eigenvalue weighted by atomic mass is 9.94. The Hall–Kier alpha value is -1.51. The molecule has 8 heteroatoms. The first-order valence-corrected chi connectivity index (χ1v) is 9.59. The van der Waals surface area contributed by atoms with Crippen molar-refractivity contribution in [2.24, 2.45) is 5.92 Å². The molecule has 0 spiro atoms. The first kappa shape index (κ1) is 17.3. The molecule has 0 aliphatic carbocycles. The zero-order valence-corrected chi connectivity index (χ0v) is 15.2. The van der Waals surface area contributed by atoms with Crippen molar-refractivity contribution < 1.29 is 13.2 Å². The van der Waals surface area contributed by atoms with Crippen molar-refractivity contribution in [1.29, 1.82) is 0 Å². The number of fused-ring (bicyclic) bond motifs is 4. The zero-order chi connectivity index (χ0) is 17.5. The molecule has 0 N–H and O–H groups in total. The summed E-state index contributed by atoms with van der Waals surface area (Å²) in [5.41, 5.74) is 1.50. The van der Waals surface area contributed by atoms with Gasteiger partial charge in [-0.1, -0.05) is 0 Å². The number of hydrogen-bond acceptors (Lipinski definition) is 4. The van der Waals surface area contributed by atoms with Crippen molar-refractivity contribution in [3.05, 3.63) is 29.6 Å².